The summed E-state index contributed by atoms with van der Waals surface area (Å²) in [5, 5.41) is 5.99. The fourth-order valence-corrected chi connectivity index (χ4v) is 2.18. The second-order valence-corrected chi connectivity index (χ2v) is 4.61. The van der Waals surface area contributed by atoms with Crippen LogP contribution >= 0.6 is 0 Å². The van der Waals surface area contributed by atoms with Gasteiger partial charge in [-0.1, -0.05) is 6.07 Å². The van der Waals surface area contributed by atoms with Gasteiger partial charge in [0.2, 0.25) is 5.95 Å². The fourth-order valence-electron chi connectivity index (χ4n) is 2.18. The average Bonchev–Trinajstić information content (AvgIpc) is 2.91. The molecule has 2 aromatic rings. The summed E-state index contributed by atoms with van der Waals surface area (Å²) in [5.74, 6) is 1.24. The summed E-state index contributed by atoms with van der Waals surface area (Å²) >= 11 is 0. The molecule has 1 amide bonds. The standard InChI is InChI=1S/C14H16N4O2/c1-20-11-5-2-4-10(8-11)16-13(19)12-9-18-7-3-6-15-14(18)17-12/h2,4-5,8-9H,3,6-7H2,1H3,(H,15,17)(H,16,19). The Morgan fingerprint density at radius 1 is 1.50 bits per heavy atom. The molecule has 1 aliphatic rings. The first-order valence-corrected chi connectivity index (χ1v) is 6.53. The molecule has 0 saturated carbocycles. The van der Waals surface area contributed by atoms with Crippen LogP contribution in [-0.4, -0.2) is 29.1 Å². The second kappa shape index (κ2) is 5.24. The van der Waals surface area contributed by atoms with Gasteiger partial charge in [-0.05, 0) is 18.6 Å². The van der Waals surface area contributed by atoms with E-state index in [0.29, 0.717) is 17.1 Å². The molecule has 104 valence electrons. The molecule has 0 saturated heterocycles. The van der Waals surface area contributed by atoms with E-state index in [0.717, 1.165) is 25.5 Å². The molecule has 0 atom stereocenters. The first-order valence-electron chi connectivity index (χ1n) is 6.53. The smallest absolute Gasteiger partial charge is 0.275 e. The van der Waals surface area contributed by atoms with Crippen molar-refractivity contribution in [3.05, 3.63) is 36.2 Å². The van der Waals surface area contributed by atoms with Crippen molar-refractivity contribution in [2.24, 2.45) is 0 Å². The van der Waals surface area contributed by atoms with E-state index in [1.807, 2.05) is 22.8 Å². The van der Waals surface area contributed by atoms with Crippen LogP contribution in [-0.2, 0) is 6.54 Å². The van der Waals surface area contributed by atoms with E-state index in [-0.39, 0.29) is 5.91 Å². The third-order valence-electron chi connectivity index (χ3n) is 3.20. The molecular formula is C14H16N4O2. The number of nitrogens with zero attached hydrogens (tertiary/aromatic N) is 2. The maximum absolute atomic E-state index is 12.2. The maximum atomic E-state index is 12.2. The highest BCUT2D eigenvalue weighted by atomic mass is 16.5. The van der Waals surface area contributed by atoms with E-state index < -0.39 is 0 Å². The van der Waals surface area contributed by atoms with Crippen molar-refractivity contribution in [1.29, 1.82) is 0 Å². The molecule has 0 unspecified atom stereocenters. The number of carbonyl (C=O) groups is 1. The second-order valence-electron chi connectivity index (χ2n) is 4.61. The normalized spacial score (nSPS) is 13.2. The van der Waals surface area contributed by atoms with Gasteiger partial charge in [0.15, 0.2) is 0 Å². The number of fused-ring (bicyclic) bond motifs is 1. The van der Waals surface area contributed by atoms with Crippen LogP contribution in [0, 0.1) is 0 Å². The minimum atomic E-state index is -0.220. The fraction of sp³-hybridized carbons (Fsp3) is 0.286. The molecule has 0 spiro atoms. The van der Waals surface area contributed by atoms with Crippen molar-refractivity contribution in [2.75, 3.05) is 24.3 Å². The van der Waals surface area contributed by atoms with E-state index in [1.165, 1.54) is 0 Å². The van der Waals surface area contributed by atoms with Crippen LogP contribution in [0.2, 0.25) is 0 Å². The molecule has 20 heavy (non-hydrogen) atoms. The molecule has 6 heteroatoms. The van der Waals surface area contributed by atoms with Gasteiger partial charge in [-0.2, -0.15) is 0 Å². The van der Waals surface area contributed by atoms with Crippen molar-refractivity contribution in [3.63, 3.8) is 0 Å². The summed E-state index contributed by atoms with van der Waals surface area (Å²) in [6.45, 7) is 1.79. The van der Waals surface area contributed by atoms with Gasteiger partial charge in [0.25, 0.3) is 5.91 Å². The van der Waals surface area contributed by atoms with Gasteiger partial charge in [-0.25, -0.2) is 4.98 Å². The molecule has 3 rings (SSSR count). The lowest BCUT2D eigenvalue weighted by Gasteiger charge is -2.14. The number of benzene rings is 1. The summed E-state index contributed by atoms with van der Waals surface area (Å²) in [6.07, 6.45) is 2.82. The van der Waals surface area contributed by atoms with Crippen LogP contribution in [0.1, 0.15) is 16.9 Å². The zero-order valence-electron chi connectivity index (χ0n) is 11.2. The van der Waals surface area contributed by atoms with Crippen molar-refractivity contribution >= 4 is 17.5 Å². The number of aromatic nitrogens is 2. The number of hydrogen-bond donors (Lipinski definition) is 2. The predicted molar refractivity (Wildman–Crippen MR) is 76.3 cm³/mol. The largest absolute Gasteiger partial charge is 0.497 e. The van der Waals surface area contributed by atoms with Gasteiger partial charge in [0.05, 0.1) is 7.11 Å². The molecule has 1 aromatic carbocycles. The topological polar surface area (TPSA) is 68.2 Å². The number of nitrogens with one attached hydrogen (secondary N) is 2. The van der Waals surface area contributed by atoms with E-state index in [2.05, 4.69) is 15.6 Å². The number of carbonyl (C=O) groups excluding carboxylic acids is 1. The zero-order chi connectivity index (χ0) is 13.9. The summed E-state index contributed by atoms with van der Waals surface area (Å²) in [4.78, 5) is 16.5. The van der Waals surface area contributed by atoms with Crippen LogP contribution in [0.25, 0.3) is 0 Å². The molecule has 1 aliphatic heterocycles. The molecule has 2 heterocycles. The highest BCUT2D eigenvalue weighted by molar-refractivity contribution is 6.03. The highest BCUT2D eigenvalue weighted by Gasteiger charge is 2.16. The van der Waals surface area contributed by atoms with Gasteiger partial charge < -0.3 is 19.9 Å². The van der Waals surface area contributed by atoms with Gasteiger partial charge in [-0.3, -0.25) is 4.79 Å². The van der Waals surface area contributed by atoms with Crippen LogP contribution in [0.4, 0.5) is 11.6 Å². The molecule has 0 fully saturated rings. The highest BCUT2D eigenvalue weighted by Crippen LogP contribution is 2.19. The Kier molecular flexibility index (Phi) is 3.28. The number of aryl methyl sites for hydroxylation is 1. The lowest BCUT2D eigenvalue weighted by Crippen LogP contribution is -2.16. The number of methoxy groups -OCH3 is 1. The Morgan fingerprint density at radius 3 is 3.20 bits per heavy atom. The zero-order valence-corrected chi connectivity index (χ0v) is 11.2. The monoisotopic (exact) mass is 272 g/mol. The maximum Gasteiger partial charge on any atom is 0.275 e. The number of imidazole rings is 1. The molecule has 0 bridgehead atoms. The molecule has 1 aromatic heterocycles. The number of rotatable bonds is 3. The lowest BCUT2D eigenvalue weighted by molar-refractivity contribution is 0.102. The van der Waals surface area contributed by atoms with Gasteiger partial charge in [0.1, 0.15) is 11.4 Å². The molecule has 6 nitrogen and oxygen atoms in total. The number of hydrogen-bond acceptors (Lipinski definition) is 4. The van der Waals surface area contributed by atoms with E-state index >= 15 is 0 Å². The van der Waals surface area contributed by atoms with Gasteiger partial charge >= 0.3 is 0 Å². The molecular weight excluding hydrogens is 256 g/mol. The minimum Gasteiger partial charge on any atom is -0.497 e. The SMILES string of the molecule is COc1cccc(NC(=O)c2cn3c(n2)NCCC3)c1. The average molecular weight is 272 g/mol. The number of anilines is 2. The summed E-state index contributed by atoms with van der Waals surface area (Å²) in [7, 11) is 1.59. The van der Waals surface area contributed by atoms with E-state index in [9.17, 15) is 4.79 Å². The molecule has 0 radical (unpaired) electrons. The number of ether oxygens (including phenoxy) is 1. The van der Waals surface area contributed by atoms with Crippen molar-refractivity contribution in [2.45, 2.75) is 13.0 Å². The van der Waals surface area contributed by atoms with Crippen LogP contribution < -0.4 is 15.4 Å². The van der Waals surface area contributed by atoms with Crippen LogP contribution in [0.3, 0.4) is 0 Å². The molecule has 0 aliphatic carbocycles. The Labute approximate surface area is 116 Å². The first kappa shape index (κ1) is 12.5. The third-order valence-corrected chi connectivity index (χ3v) is 3.20. The Hall–Kier alpha value is -2.50. The Bertz CT molecular complexity index is 612. The van der Waals surface area contributed by atoms with Crippen LogP contribution in [0.15, 0.2) is 30.5 Å². The Morgan fingerprint density at radius 2 is 2.40 bits per heavy atom. The summed E-state index contributed by atoms with van der Waals surface area (Å²) in [6, 6.07) is 7.24. The summed E-state index contributed by atoms with van der Waals surface area (Å²) < 4.78 is 7.09. The van der Waals surface area contributed by atoms with Crippen molar-refractivity contribution < 1.29 is 9.53 Å². The first-order chi connectivity index (χ1) is 9.76. The molecule has 2 N–H and O–H groups in total. The Balaban J connectivity index is 1.77. The van der Waals surface area contributed by atoms with Crippen LogP contribution in [0.5, 0.6) is 5.75 Å². The minimum absolute atomic E-state index is 0.220. The van der Waals surface area contributed by atoms with E-state index in [1.54, 1.807) is 19.4 Å². The summed E-state index contributed by atoms with van der Waals surface area (Å²) in [5.41, 5.74) is 1.10. The lowest BCUT2D eigenvalue weighted by atomic mass is 10.3. The van der Waals surface area contributed by atoms with Gasteiger partial charge in [0, 0.05) is 31.0 Å². The van der Waals surface area contributed by atoms with Gasteiger partial charge in [-0.15, -0.1) is 0 Å². The van der Waals surface area contributed by atoms with Crippen molar-refractivity contribution in [3.8, 4) is 5.75 Å². The third kappa shape index (κ3) is 2.45. The number of amides is 1. The van der Waals surface area contributed by atoms with E-state index in [4.69, 9.17) is 4.74 Å². The predicted octanol–water partition coefficient (Wildman–Crippen LogP) is 1.96. The van der Waals surface area contributed by atoms with Crippen molar-refractivity contribution in [1.82, 2.24) is 9.55 Å². The quantitative estimate of drug-likeness (QED) is 0.896.